The van der Waals surface area contributed by atoms with Crippen LogP contribution in [-0.2, 0) is 9.53 Å². The standard InChI is InChI=1S/C18H25NO3/c1-21-17-5-3-2-4-16(17)15-6-9-19(10-7-15)18(20)12-14-8-11-22-13-14/h2-5,14-15H,6-13H2,1H3. The number of likely N-dealkylation sites (tertiary alicyclic amines) is 1. The van der Waals surface area contributed by atoms with Gasteiger partial charge in [-0.2, -0.15) is 0 Å². The Balaban J connectivity index is 1.54. The number of hydrogen-bond acceptors (Lipinski definition) is 3. The number of nitrogens with zero attached hydrogens (tertiary/aromatic N) is 1. The third-order valence-corrected chi connectivity index (χ3v) is 4.91. The molecule has 2 aliphatic rings. The minimum absolute atomic E-state index is 0.300. The zero-order valence-corrected chi connectivity index (χ0v) is 13.3. The van der Waals surface area contributed by atoms with Crippen LogP contribution in [0, 0.1) is 5.92 Å². The van der Waals surface area contributed by atoms with Crippen LogP contribution >= 0.6 is 0 Å². The van der Waals surface area contributed by atoms with E-state index in [4.69, 9.17) is 9.47 Å². The summed E-state index contributed by atoms with van der Waals surface area (Å²) < 4.78 is 10.8. The Morgan fingerprint density at radius 2 is 2.05 bits per heavy atom. The van der Waals surface area contributed by atoms with Crippen molar-refractivity contribution in [1.29, 1.82) is 0 Å². The van der Waals surface area contributed by atoms with E-state index < -0.39 is 0 Å². The molecule has 22 heavy (non-hydrogen) atoms. The van der Waals surface area contributed by atoms with Gasteiger partial charge in [-0.3, -0.25) is 4.79 Å². The molecule has 0 saturated carbocycles. The van der Waals surface area contributed by atoms with Crippen LogP contribution in [0.2, 0.25) is 0 Å². The highest BCUT2D eigenvalue weighted by atomic mass is 16.5. The molecule has 1 amide bonds. The van der Waals surface area contributed by atoms with Crippen molar-refractivity contribution >= 4 is 5.91 Å². The number of ether oxygens (including phenoxy) is 2. The fraction of sp³-hybridized carbons (Fsp3) is 0.611. The molecular weight excluding hydrogens is 278 g/mol. The monoisotopic (exact) mass is 303 g/mol. The summed E-state index contributed by atoms with van der Waals surface area (Å²) in [7, 11) is 1.72. The van der Waals surface area contributed by atoms with Crippen molar-refractivity contribution in [2.24, 2.45) is 5.92 Å². The molecule has 0 aromatic heterocycles. The summed E-state index contributed by atoms with van der Waals surface area (Å²) in [5.41, 5.74) is 1.28. The summed E-state index contributed by atoms with van der Waals surface area (Å²) in [6.07, 6.45) is 3.73. The number of amides is 1. The van der Waals surface area contributed by atoms with Crippen LogP contribution in [0.1, 0.15) is 37.2 Å². The maximum absolute atomic E-state index is 12.4. The van der Waals surface area contributed by atoms with Crippen molar-refractivity contribution in [1.82, 2.24) is 4.90 Å². The van der Waals surface area contributed by atoms with Crippen LogP contribution in [0.5, 0.6) is 5.75 Å². The fourth-order valence-electron chi connectivity index (χ4n) is 3.56. The van der Waals surface area contributed by atoms with E-state index in [2.05, 4.69) is 12.1 Å². The summed E-state index contributed by atoms with van der Waals surface area (Å²) in [5.74, 6) is 2.19. The summed E-state index contributed by atoms with van der Waals surface area (Å²) in [5, 5.41) is 0. The van der Waals surface area contributed by atoms with Gasteiger partial charge in [-0.05, 0) is 42.7 Å². The van der Waals surface area contributed by atoms with Crippen molar-refractivity contribution in [2.45, 2.75) is 31.6 Å². The van der Waals surface area contributed by atoms with E-state index in [1.54, 1.807) is 7.11 Å². The summed E-state index contributed by atoms with van der Waals surface area (Å²) >= 11 is 0. The minimum Gasteiger partial charge on any atom is -0.496 e. The smallest absolute Gasteiger partial charge is 0.222 e. The lowest BCUT2D eigenvalue weighted by Crippen LogP contribution is -2.38. The molecule has 2 heterocycles. The van der Waals surface area contributed by atoms with Crippen LogP contribution in [0.4, 0.5) is 0 Å². The SMILES string of the molecule is COc1ccccc1C1CCN(C(=O)CC2CCOC2)CC1. The summed E-state index contributed by atoms with van der Waals surface area (Å²) in [4.78, 5) is 14.4. The molecular formula is C18H25NO3. The topological polar surface area (TPSA) is 38.8 Å². The highest BCUT2D eigenvalue weighted by molar-refractivity contribution is 5.76. The van der Waals surface area contributed by atoms with Crippen molar-refractivity contribution in [2.75, 3.05) is 33.4 Å². The van der Waals surface area contributed by atoms with Gasteiger partial charge < -0.3 is 14.4 Å². The molecule has 2 aliphatic heterocycles. The minimum atomic E-state index is 0.300. The number of benzene rings is 1. The first-order chi connectivity index (χ1) is 10.8. The maximum Gasteiger partial charge on any atom is 0.222 e. The zero-order valence-electron chi connectivity index (χ0n) is 13.3. The first-order valence-corrected chi connectivity index (χ1v) is 8.26. The quantitative estimate of drug-likeness (QED) is 0.858. The molecule has 4 heteroatoms. The molecule has 1 aromatic rings. The molecule has 0 aliphatic carbocycles. The van der Waals surface area contributed by atoms with Crippen molar-refractivity contribution in [3.05, 3.63) is 29.8 Å². The number of para-hydroxylation sites is 1. The van der Waals surface area contributed by atoms with Gasteiger partial charge in [0.15, 0.2) is 0 Å². The molecule has 0 radical (unpaired) electrons. The van der Waals surface area contributed by atoms with E-state index in [0.717, 1.165) is 51.3 Å². The Bertz CT molecular complexity index is 503. The maximum atomic E-state index is 12.4. The van der Waals surface area contributed by atoms with Gasteiger partial charge in [0.2, 0.25) is 5.91 Å². The predicted molar refractivity (Wildman–Crippen MR) is 85.1 cm³/mol. The molecule has 120 valence electrons. The third-order valence-electron chi connectivity index (χ3n) is 4.91. The Labute approximate surface area is 132 Å². The van der Waals surface area contributed by atoms with Gasteiger partial charge in [0.05, 0.1) is 7.11 Å². The van der Waals surface area contributed by atoms with Gasteiger partial charge in [-0.15, -0.1) is 0 Å². The lowest BCUT2D eigenvalue weighted by atomic mass is 9.88. The average Bonchev–Trinajstić information content (AvgIpc) is 3.08. The second-order valence-corrected chi connectivity index (χ2v) is 6.33. The number of methoxy groups -OCH3 is 1. The summed E-state index contributed by atoms with van der Waals surface area (Å²) in [6.45, 7) is 3.28. The fourth-order valence-corrected chi connectivity index (χ4v) is 3.56. The molecule has 0 bridgehead atoms. The Morgan fingerprint density at radius 1 is 1.27 bits per heavy atom. The van der Waals surface area contributed by atoms with Gasteiger partial charge in [-0.1, -0.05) is 18.2 Å². The number of rotatable bonds is 4. The summed E-state index contributed by atoms with van der Waals surface area (Å²) in [6, 6.07) is 8.24. The van der Waals surface area contributed by atoms with Crippen LogP contribution < -0.4 is 4.74 Å². The second-order valence-electron chi connectivity index (χ2n) is 6.33. The lowest BCUT2D eigenvalue weighted by Gasteiger charge is -2.33. The van der Waals surface area contributed by atoms with E-state index in [0.29, 0.717) is 24.2 Å². The van der Waals surface area contributed by atoms with E-state index in [-0.39, 0.29) is 0 Å². The zero-order chi connectivity index (χ0) is 15.4. The Hall–Kier alpha value is -1.55. The molecule has 2 saturated heterocycles. The highest BCUT2D eigenvalue weighted by Gasteiger charge is 2.27. The first-order valence-electron chi connectivity index (χ1n) is 8.26. The van der Waals surface area contributed by atoms with Gasteiger partial charge in [-0.25, -0.2) is 0 Å². The molecule has 0 N–H and O–H groups in total. The molecule has 0 spiro atoms. The molecule has 2 fully saturated rings. The first kappa shape index (κ1) is 15.3. The Kier molecular flexibility index (Phi) is 4.98. The number of carbonyl (C=O) groups is 1. The normalized spacial score (nSPS) is 22.8. The predicted octanol–water partition coefficient (Wildman–Crippen LogP) is 2.83. The molecule has 4 nitrogen and oxygen atoms in total. The van der Waals surface area contributed by atoms with Crippen molar-refractivity contribution in [3.8, 4) is 5.75 Å². The molecule has 3 rings (SSSR count). The Morgan fingerprint density at radius 3 is 2.73 bits per heavy atom. The molecule has 1 aromatic carbocycles. The number of hydrogen-bond donors (Lipinski definition) is 0. The van der Waals surface area contributed by atoms with Gasteiger partial charge in [0, 0.05) is 32.7 Å². The number of carbonyl (C=O) groups excluding carboxylic acids is 1. The van der Waals surface area contributed by atoms with Crippen LogP contribution in [0.3, 0.4) is 0 Å². The van der Waals surface area contributed by atoms with Crippen molar-refractivity contribution < 1.29 is 14.3 Å². The lowest BCUT2D eigenvalue weighted by molar-refractivity contribution is -0.133. The number of piperidine rings is 1. The van der Waals surface area contributed by atoms with E-state index >= 15 is 0 Å². The van der Waals surface area contributed by atoms with Crippen LogP contribution in [0.15, 0.2) is 24.3 Å². The molecule has 1 unspecified atom stereocenters. The van der Waals surface area contributed by atoms with Gasteiger partial charge >= 0.3 is 0 Å². The third kappa shape index (κ3) is 3.43. The van der Waals surface area contributed by atoms with E-state index in [9.17, 15) is 4.79 Å². The average molecular weight is 303 g/mol. The van der Waals surface area contributed by atoms with Crippen LogP contribution in [-0.4, -0.2) is 44.2 Å². The van der Waals surface area contributed by atoms with Crippen LogP contribution in [0.25, 0.3) is 0 Å². The highest BCUT2D eigenvalue weighted by Crippen LogP contribution is 2.34. The van der Waals surface area contributed by atoms with E-state index in [1.807, 2.05) is 17.0 Å². The van der Waals surface area contributed by atoms with Gasteiger partial charge in [0.25, 0.3) is 0 Å². The molecule has 1 atom stereocenters. The second kappa shape index (κ2) is 7.14. The van der Waals surface area contributed by atoms with Crippen molar-refractivity contribution in [3.63, 3.8) is 0 Å². The van der Waals surface area contributed by atoms with E-state index in [1.165, 1.54) is 5.56 Å². The largest absolute Gasteiger partial charge is 0.496 e. The van der Waals surface area contributed by atoms with Gasteiger partial charge in [0.1, 0.15) is 5.75 Å².